The summed E-state index contributed by atoms with van der Waals surface area (Å²) in [6.07, 6.45) is 4.92. The van der Waals surface area contributed by atoms with E-state index in [1.165, 1.54) is 10.7 Å². The van der Waals surface area contributed by atoms with Gasteiger partial charge in [0.25, 0.3) is 0 Å². The van der Waals surface area contributed by atoms with Crippen LogP contribution in [0.1, 0.15) is 0 Å². The second kappa shape index (κ2) is 9.00. The summed E-state index contributed by atoms with van der Waals surface area (Å²) in [5, 5.41) is 4.18. The van der Waals surface area contributed by atoms with E-state index in [9.17, 15) is 17.6 Å². The van der Waals surface area contributed by atoms with Gasteiger partial charge in [0, 0.05) is 36.1 Å². The Balaban J connectivity index is 0.000000239. The Labute approximate surface area is 175 Å². The lowest BCUT2D eigenvalue weighted by atomic mass is 10.0. The Kier molecular flexibility index (Phi) is 6.41. The number of aromatic nitrogens is 3. The van der Waals surface area contributed by atoms with Gasteiger partial charge in [0.15, 0.2) is 5.82 Å². The van der Waals surface area contributed by atoms with Crippen molar-refractivity contribution < 1.29 is 17.6 Å². The molecule has 154 valence electrons. The van der Waals surface area contributed by atoms with Crippen molar-refractivity contribution in [2.45, 2.75) is 4.90 Å². The maximum Gasteiger partial charge on any atom is 0.158 e. The van der Waals surface area contributed by atoms with Crippen molar-refractivity contribution >= 4 is 18.3 Å². The zero-order valence-electron chi connectivity index (χ0n) is 15.7. The molecular formula is C21H16F4N4S. The van der Waals surface area contributed by atoms with Crippen molar-refractivity contribution in [1.29, 1.82) is 0 Å². The minimum absolute atomic E-state index is 0.0370. The highest BCUT2D eigenvalue weighted by atomic mass is 32.1. The predicted molar refractivity (Wildman–Crippen MR) is 110 cm³/mol. The molecule has 0 atom stereocenters. The number of nitrogen functional groups attached to an aromatic ring is 1. The Morgan fingerprint density at radius 2 is 1.60 bits per heavy atom. The molecule has 0 aliphatic rings. The van der Waals surface area contributed by atoms with Crippen LogP contribution >= 0.6 is 12.6 Å². The molecule has 4 aromatic rings. The van der Waals surface area contributed by atoms with Crippen molar-refractivity contribution in [3.8, 4) is 22.4 Å². The quantitative estimate of drug-likeness (QED) is 0.258. The number of rotatable bonds is 2. The number of hydrogen-bond acceptors (Lipinski definition) is 4. The van der Waals surface area contributed by atoms with Crippen LogP contribution < -0.4 is 5.73 Å². The van der Waals surface area contributed by atoms with E-state index in [1.54, 1.807) is 37.8 Å². The van der Waals surface area contributed by atoms with Crippen LogP contribution in [0.2, 0.25) is 0 Å². The monoisotopic (exact) mass is 432 g/mol. The fourth-order valence-corrected chi connectivity index (χ4v) is 2.89. The van der Waals surface area contributed by atoms with E-state index < -0.39 is 23.3 Å². The Hall–Kier alpha value is -3.33. The fraction of sp³-hybridized carbons (Fsp3) is 0.0476. The van der Waals surface area contributed by atoms with Gasteiger partial charge >= 0.3 is 0 Å². The minimum atomic E-state index is -0.802. The smallest absolute Gasteiger partial charge is 0.158 e. The van der Waals surface area contributed by atoms with E-state index in [0.29, 0.717) is 5.56 Å². The van der Waals surface area contributed by atoms with Gasteiger partial charge in [0.2, 0.25) is 0 Å². The summed E-state index contributed by atoms with van der Waals surface area (Å²) in [6, 6.07) is 8.96. The van der Waals surface area contributed by atoms with Crippen LogP contribution in [-0.4, -0.2) is 14.8 Å². The molecule has 0 saturated carbocycles. The number of nitrogens with two attached hydrogens (primary N) is 1. The summed E-state index contributed by atoms with van der Waals surface area (Å²) in [6.45, 7) is 0. The van der Waals surface area contributed by atoms with E-state index in [4.69, 9.17) is 5.73 Å². The molecule has 30 heavy (non-hydrogen) atoms. The molecule has 2 heterocycles. The van der Waals surface area contributed by atoms with Gasteiger partial charge in [-0.25, -0.2) is 17.6 Å². The highest BCUT2D eigenvalue weighted by Crippen LogP contribution is 2.35. The van der Waals surface area contributed by atoms with Crippen molar-refractivity contribution in [2.24, 2.45) is 7.05 Å². The van der Waals surface area contributed by atoms with Crippen LogP contribution in [0.4, 0.5) is 23.2 Å². The molecule has 0 saturated heterocycles. The van der Waals surface area contributed by atoms with E-state index >= 15 is 0 Å². The molecule has 0 aliphatic heterocycles. The number of halogens is 4. The van der Waals surface area contributed by atoms with E-state index in [2.05, 4.69) is 22.7 Å². The van der Waals surface area contributed by atoms with E-state index in [1.807, 2.05) is 0 Å². The van der Waals surface area contributed by atoms with Crippen LogP contribution in [0.5, 0.6) is 0 Å². The van der Waals surface area contributed by atoms with Gasteiger partial charge in [0.1, 0.15) is 23.1 Å². The van der Waals surface area contributed by atoms with Crippen LogP contribution in [-0.2, 0) is 7.05 Å². The summed E-state index contributed by atoms with van der Waals surface area (Å²) in [4.78, 5) is 3.97. The summed E-state index contributed by atoms with van der Waals surface area (Å²) in [5.41, 5.74) is 6.80. The summed E-state index contributed by atoms with van der Waals surface area (Å²) in [5.74, 6) is -2.47. The summed E-state index contributed by atoms with van der Waals surface area (Å²) in [7, 11) is 1.69. The molecular weight excluding hydrogens is 416 g/mol. The van der Waals surface area contributed by atoms with Gasteiger partial charge in [0.05, 0.1) is 11.3 Å². The van der Waals surface area contributed by atoms with Crippen molar-refractivity contribution in [3.05, 3.63) is 84.3 Å². The first-order valence-electron chi connectivity index (χ1n) is 8.60. The third-order valence-electron chi connectivity index (χ3n) is 4.09. The second-order valence-electron chi connectivity index (χ2n) is 6.22. The van der Waals surface area contributed by atoms with Crippen LogP contribution in [0.15, 0.2) is 66.0 Å². The van der Waals surface area contributed by atoms with Gasteiger partial charge in [-0.05, 0) is 48.0 Å². The van der Waals surface area contributed by atoms with Gasteiger partial charge < -0.3 is 5.73 Å². The third kappa shape index (κ3) is 4.62. The topological polar surface area (TPSA) is 56.7 Å². The molecule has 4 rings (SSSR count). The molecule has 0 unspecified atom stereocenters. The largest absolute Gasteiger partial charge is 0.396 e. The molecule has 0 spiro atoms. The summed E-state index contributed by atoms with van der Waals surface area (Å²) < 4.78 is 54.2. The molecule has 2 aromatic heterocycles. The van der Waals surface area contributed by atoms with Crippen molar-refractivity contribution in [2.75, 3.05) is 5.73 Å². The average molecular weight is 432 g/mol. The Morgan fingerprint density at radius 3 is 2.23 bits per heavy atom. The minimum Gasteiger partial charge on any atom is -0.396 e. The van der Waals surface area contributed by atoms with Crippen LogP contribution in [0.3, 0.4) is 0 Å². The number of anilines is 1. The second-order valence-corrected chi connectivity index (χ2v) is 6.70. The SMILES string of the molecule is Cn1cc(-c2ccncc2)c(-c2c(F)ccc(N)c2F)n1.Fc1ccc(F)c(S)c1. The lowest BCUT2D eigenvalue weighted by Gasteiger charge is -2.07. The maximum absolute atomic E-state index is 14.2. The Bertz CT molecular complexity index is 1180. The fourth-order valence-electron chi connectivity index (χ4n) is 2.69. The lowest BCUT2D eigenvalue weighted by Crippen LogP contribution is -1.98. The molecule has 2 N–H and O–H groups in total. The van der Waals surface area contributed by atoms with Crippen molar-refractivity contribution in [1.82, 2.24) is 14.8 Å². The normalized spacial score (nSPS) is 10.5. The van der Waals surface area contributed by atoms with Crippen molar-refractivity contribution in [3.63, 3.8) is 0 Å². The molecule has 0 radical (unpaired) electrons. The standard InChI is InChI=1S/C15H12F2N4.C6H4F2S/c1-21-8-10(9-4-6-19-7-5-9)15(20-21)13-11(16)2-3-12(18)14(13)17;7-4-1-2-5(8)6(9)3-4/h2-8H,18H2,1H3;1-3,9H. The lowest BCUT2D eigenvalue weighted by molar-refractivity contribution is 0.578. The molecule has 0 bridgehead atoms. The number of benzene rings is 2. The van der Waals surface area contributed by atoms with E-state index in [-0.39, 0.29) is 21.8 Å². The van der Waals surface area contributed by atoms with E-state index in [0.717, 1.165) is 29.8 Å². The highest BCUT2D eigenvalue weighted by Gasteiger charge is 2.21. The Morgan fingerprint density at radius 1 is 0.933 bits per heavy atom. The first kappa shape index (κ1) is 21.4. The highest BCUT2D eigenvalue weighted by molar-refractivity contribution is 7.80. The number of aryl methyl sites for hydroxylation is 1. The molecule has 9 heteroatoms. The molecule has 0 aliphatic carbocycles. The van der Waals surface area contributed by atoms with Gasteiger partial charge in [-0.3, -0.25) is 9.67 Å². The van der Waals surface area contributed by atoms with Crippen LogP contribution in [0, 0.1) is 23.3 Å². The molecule has 4 nitrogen and oxygen atoms in total. The first-order chi connectivity index (χ1) is 14.3. The van der Waals surface area contributed by atoms with Gasteiger partial charge in [-0.15, -0.1) is 12.6 Å². The maximum atomic E-state index is 14.2. The van der Waals surface area contributed by atoms with Crippen LogP contribution in [0.25, 0.3) is 22.4 Å². The zero-order valence-corrected chi connectivity index (χ0v) is 16.5. The molecule has 2 aromatic carbocycles. The first-order valence-corrected chi connectivity index (χ1v) is 9.04. The number of nitrogens with zero attached hydrogens (tertiary/aromatic N) is 3. The third-order valence-corrected chi connectivity index (χ3v) is 4.43. The van der Waals surface area contributed by atoms with Gasteiger partial charge in [-0.1, -0.05) is 0 Å². The molecule has 0 fully saturated rings. The molecule has 0 amide bonds. The number of pyridine rings is 1. The summed E-state index contributed by atoms with van der Waals surface area (Å²) >= 11 is 3.65. The number of hydrogen-bond donors (Lipinski definition) is 2. The predicted octanol–water partition coefficient (Wildman–Crippen LogP) is 5.26. The average Bonchev–Trinajstić information content (AvgIpc) is 3.11. The van der Waals surface area contributed by atoms with Gasteiger partial charge in [-0.2, -0.15) is 5.10 Å². The zero-order chi connectivity index (χ0) is 21.8. The number of thiol groups is 1.